The van der Waals surface area contributed by atoms with Gasteiger partial charge in [0.2, 0.25) is 0 Å². The second-order valence-corrected chi connectivity index (χ2v) is 7.51. The summed E-state index contributed by atoms with van der Waals surface area (Å²) < 4.78 is 17.2. The van der Waals surface area contributed by atoms with E-state index in [4.69, 9.17) is 0 Å². The van der Waals surface area contributed by atoms with Crippen molar-refractivity contribution in [3.63, 3.8) is 0 Å². The highest BCUT2D eigenvalue weighted by Gasteiger charge is 2.26. The number of halogens is 1. The number of aromatic carboxylic acids is 1. The van der Waals surface area contributed by atoms with Crippen molar-refractivity contribution < 1.29 is 19.4 Å². The first-order valence-corrected chi connectivity index (χ1v) is 8.68. The molecule has 0 unspecified atom stereocenters. The third-order valence-electron chi connectivity index (χ3n) is 4.49. The Morgan fingerprint density at radius 2 is 1.93 bits per heavy atom. The van der Waals surface area contributed by atoms with Gasteiger partial charge in [0.05, 0.1) is 11.1 Å². The van der Waals surface area contributed by atoms with Crippen LogP contribution in [0.3, 0.4) is 0 Å². The number of aliphatic hydroxyl groups is 1. The highest BCUT2D eigenvalue weighted by Crippen LogP contribution is 2.28. The molecule has 3 heterocycles. The zero-order valence-electron chi connectivity index (χ0n) is 16.2. The number of fused-ring (bicyclic) bond motifs is 1. The number of carboxylic acid groups (broad SMARTS) is 1. The van der Waals surface area contributed by atoms with Gasteiger partial charge >= 0.3 is 5.97 Å². The van der Waals surface area contributed by atoms with Crippen LogP contribution >= 0.6 is 0 Å². The molecule has 0 saturated carbocycles. The maximum atomic E-state index is 14.8. The molecule has 0 fully saturated rings. The molecule has 148 valence electrons. The second kappa shape index (κ2) is 6.52. The molecule has 0 aliphatic rings. The summed E-state index contributed by atoms with van der Waals surface area (Å²) in [6.07, 6.45) is 0.950. The molecule has 8 nitrogen and oxygen atoms in total. The normalized spacial score (nSPS) is 12.1. The van der Waals surface area contributed by atoms with Gasteiger partial charge in [-0.15, -0.1) is 0 Å². The molecule has 0 amide bonds. The Kier molecular flexibility index (Phi) is 4.58. The van der Waals surface area contributed by atoms with Crippen molar-refractivity contribution in [2.45, 2.75) is 39.2 Å². The maximum absolute atomic E-state index is 14.8. The lowest BCUT2D eigenvalue weighted by Gasteiger charge is -2.14. The Hall–Kier alpha value is -3.07. The van der Waals surface area contributed by atoms with Crippen LogP contribution in [-0.2, 0) is 12.6 Å². The lowest BCUT2D eigenvalue weighted by Crippen LogP contribution is -2.23. The first-order chi connectivity index (χ1) is 12.9. The number of carbonyl (C=O) groups is 1. The van der Waals surface area contributed by atoms with Crippen LogP contribution in [-0.4, -0.2) is 35.3 Å². The Labute approximate surface area is 159 Å². The topological polar surface area (TPSA) is 110 Å². The van der Waals surface area contributed by atoms with Crippen molar-refractivity contribution in [2.75, 3.05) is 0 Å². The third-order valence-corrected chi connectivity index (χ3v) is 4.49. The van der Waals surface area contributed by atoms with E-state index in [9.17, 15) is 24.2 Å². The quantitative estimate of drug-likeness (QED) is 0.710. The van der Waals surface area contributed by atoms with Crippen LogP contribution in [0.25, 0.3) is 16.9 Å². The minimum atomic E-state index is -1.37. The fourth-order valence-electron chi connectivity index (χ4n) is 3.16. The van der Waals surface area contributed by atoms with Gasteiger partial charge in [-0.3, -0.25) is 9.20 Å². The Morgan fingerprint density at radius 1 is 1.29 bits per heavy atom. The molecule has 28 heavy (non-hydrogen) atoms. The molecule has 0 bridgehead atoms. The zero-order chi connectivity index (χ0) is 21.0. The van der Waals surface area contributed by atoms with E-state index in [0.29, 0.717) is 11.1 Å². The average molecular weight is 388 g/mol. The van der Waals surface area contributed by atoms with Crippen LogP contribution < -0.4 is 5.56 Å². The smallest absolute Gasteiger partial charge is 0.341 e. The molecule has 0 spiro atoms. The summed E-state index contributed by atoms with van der Waals surface area (Å²) in [7, 11) is 1.59. The Balaban J connectivity index is 2.35. The number of pyridine rings is 2. The average Bonchev–Trinajstić information content (AvgIpc) is 2.96. The molecule has 0 radical (unpaired) electrons. The van der Waals surface area contributed by atoms with Crippen molar-refractivity contribution >= 4 is 11.5 Å². The summed E-state index contributed by atoms with van der Waals surface area (Å²) in [5.74, 6) is -1.95. The SMILES string of the molecule is CC(C)c1cc(C(=O)O)c(=O)n2cc(F)c(-c3nc(C(C)(C)O)n(C)n3)cc12. The zero-order valence-corrected chi connectivity index (χ0v) is 16.2. The van der Waals surface area contributed by atoms with Crippen LogP contribution in [0.2, 0.25) is 0 Å². The van der Waals surface area contributed by atoms with Crippen molar-refractivity contribution in [1.29, 1.82) is 0 Å². The molecule has 0 aliphatic carbocycles. The van der Waals surface area contributed by atoms with Crippen molar-refractivity contribution in [1.82, 2.24) is 19.2 Å². The molecule has 2 N–H and O–H groups in total. The van der Waals surface area contributed by atoms with Gasteiger partial charge in [-0.2, -0.15) is 5.10 Å². The summed E-state index contributed by atoms with van der Waals surface area (Å²) in [4.78, 5) is 28.1. The third kappa shape index (κ3) is 3.18. The van der Waals surface area contributed by atoms with E-state index in [1.54, 1.807) is 20.9 Å². The van der Waals surface area contributed by atoms with Gasteiger partial charge in [-0.25, -0.2) is 18.9 Å². The van der Waals surface area contributed by atoms with Gasteiger partial charge in [0.15, 0.2) is 17.5 Å². The van der Waals surface area contributed by atoms with Gasteiger partial charge in [-0.05, 0) is 37.5 Å². The van der Waals surface area contributed by atoms with E-state index in [1.807, 2.05) is 13.8 Å². The van der Waals surface area contributed by atoms with Crippen LogP contribution in [0.15, 0.2) is 23.1 Å². The first kappa shape index (κ1) is 19.7. The van der Waals surface area contributed by atoms with E-state index in [2.05, 4.69) is 10.1 Å². The lowest BCUT2D eigenvalue weighted by atomic mass is 9.99. The minimum Gasteiger partial charge on any atom is -0.477 e. The first-order valence-electron chi connectivity index (χ1n) is 8.68. The number of hydrogen-bond donors (Lipinski definition) is 2. The maximum Gasteiger partial charge on any atom is 0.341 e. The van der Waals surface area contributed by atoms with E-state index in [1.165, 1.54) is 16.8 Å². The van der Waals surface area contributed by atoms with Crippen LogP contribution in [0, 0.1) is 5.82 Å². The summed E-state index contributed by atoms with van der Waals surface area (Å²) in [6, 6.07) is 2.75. The number of rotatable bonds is 4. The second-order valence-electron chi connectivity index (χ2n) is 7.51. The molecule has 3 rings (SSSR count). The largest absolute Gasteiger partial charge is 0.477 e. The highest BCUT2D eigenvalue weighted by atomic mass is 19.1. The van der Waals surface area contributed by atoms with Crippen molar-refractivity contribution in [3.05, 3.63) is 51.5 Å². The molecule has 0 aromatic carbocycles. The van der Waals surface area contributed by atoms with Gasteiger partial charge < -0.3 is 10.2 Å². The van der Waals surface area contributed by atoms with Gasteiger partial charge in [0.25, 0.3) is 5.56 Å². The molecule has 3 aromatic heterocycles. The van der Waals surface area contributed by atoms with E-state index in [-0.39, 0.29) is 23.1 Å². The van der Waals surface area contributed by atoms with Gasteiger partial charge in [-0.1, -0.05) is 13.8 Å². The fraction of sp³-hybridized carbons (Fsp3) is 0.368. The van der Waals surface area contributed by atoms with Crippen molar-refractivity contribution in [2.24, 2.45) is 7.05 Å². The number of nitrogens with zero attached hydrogens (tertiary/aromatic N) is 4. The van der Waals surface area contributed by atoms with E-state index in [0.717, 1.165) is 10.6 Å². The van der Waals surface area contributed by atoms with Crippen LogP contribution in [0.1, 0.15) is 55.4 Å². The fourth-order valence-corrected chi connectivity index (χ4v) is 3.16. The molecular formula is C19H21FN4O4. The highest BCUT2D eigenvalue weighted by molar-refractivity contribution is 5.88. The Bertz CT molecular complexity index is 1160. The number of aromatic nitrogens is 4. The molecular weight excluding hydrogens is 367 g/mol. The molecule has 0 saturated heterocycles. The van der Waals surface area contributed by atoms with E-state index >= 15 is 0 Å². The summed E-state index contributed by atoms with van der Waals surface area (Å²) in [6.45, 7) is 6.78. The predicted molar refractivity (Wildman–Crippen MR) is 99.9 cm³/mol. The molecule has 0 aliphatic heterocycles. The number of hydrogen-bond acceptors (Lipinski definition) is 5. The minimum absolute atomic E-state index is 0.0514. The van der Waals surface area contributed by atoms with Gasteiger partial charge in [0, 0.05) is 13.2 Å². The summed E-state index contributed by atoms with van der Waals surface area (Å²) in [5.41, 5.74) is -1.51. The summed E-state index contributed by atoms with van der Waals surface area (Å²) >= 11 is 0. The van der Waals surface area contributed by atoms with Crippen molar-refractivity contribution in [3.8, 4) is 11.4 Å². The standard InChI is InChI=1S/C19H21FN4O4/c1-9(2)10-6-12(17(26)27)16(25)24-8-13(20)11(7-14(10)24)15-21-18(19(3,4)28)23(5)22-15/h6-9,28H,1-5H3,(H,26,27). The molecule has 0 atom stereocenters. The lowest BCUT2D eigenvalue weighted by molar-refractivity contribution is 0.0646. The van der Waals surface area contributed by atoms with Crippen LogP contribution in [0.4, 0.5) is 4.39 Å². The molecule has 9 heteroatoms. The number of aryl methyl sites for hydroxylation is 1. The molecule has 3 aromatic rings. The van der Waals surface area contributed by atoms with Gasteiger partial charge in [0.1, 0.15) is 11.2 Å². The van der Waals surface area contributed by atoms with E-state index < -0.39 is 28.5 Å². The Morgan fingerprint density at radius 3 is 2.43 bits per heavy atom. The predicted octanol–water partition coefficient (Wildman–Crippen LogP) is 2.28. The van der Waals surface area contributed by atoms with Crippen LogP contribution in [0.5, 0.6) is 0 Å². The monoisotopic (exact) mass is 388 g/mol. The summed E-state index contributed by atoms with van der Waals surface area (Å²) in [5, 5.41) is 23.7. The number of carboxylic acids is 1.